The predicted octanol–water partition coefficient (Wildman–Crippen LogP) is 2.44. The van der Waals surface area contributed by atoms with Gasteiger partial charge in [-0.05, 0) is 19.4 Å². The smallest absolute Gasteiger partial charge is 0.225 e. The molecule has 2 atom stereocenters. The van der Waals surface area contributed by atoms with E-state index in [0.29, 0.717) is 23.9 Å². The monoisotopic (exact) mass is 346 g/mol. The van der Waals surface area contributed by atoms with E-state index in [4.69, 9.17) is 16.3 Å². The number of para-hydroxylation sites is 1. The van der Waals surface area contributed by atoms with Crippen molar-refractivity contribution in [3.8, 4) is 5.75 Å². The van der Waals surface area contributed by atoms with Gasteiger partial charge in [-0.2, -0.15) is 0 Å². The lowest BCUT2D eigenvalue weighted by atomic mass is 9.95. The Hall–Kier alpha value is -2.08. The lowest BCUT2D eigenvalue weighted by molar-refractivity contribution is -0.126. The molecule has 3 heterocycles. The molecule has 0 unspecified atom stereocenters. The van der Waals surface area contributed by atoms with Gasteiger partial charge in [-0.3, -0.25) is 4.79 Å². The topological polar surface area (TPSA) is 69.0 Å². The fourth-order valence-electron chi connectivity index (χ4n) is 3.50. The first-order valence-electron chi connectivity index (χ1n) is 8.23. The summed E-state index contributed by atoms with van der Waals surface area (Å²) in [6.07, 6.45) is 2.34. The molecule has 1 N–H and O–H groups in total. The van der Waals surface area contributed by atoms with Crippen molar-refractivity contribution in [1.82, 2.24) is 20.1 Å². The van der Waals surface area contributed by atoms with Gasteiger partial charge >= 0.3 is 0 Å². The maximum atomic E-state index is 12.8. The van der Waals surface area contributed by atoms with Gasteiger partial charge in [0.05, 0.1) is 23.6 Å². The Bertz CT molecular complexity index is 789. The van der Waals surface area contributed by atoms with Gasteiger partial charge in [0.1, 0.15) is 17.4 Å². The maximum absolute atomic E-state index is 12.8. The summed E-state index contributed by atoms with van der Waals surface area (Å²) < 4.78 is 7.70. The molecule has 7 heteroatoms. The normalized spacial score (nSPS) is 22.2. The van der Waals surface area contributed by atoms with Crippen molar-refractivity contribution < 1.29 is 9.53 Å². The van der Waals surface area contributed by atoms with Crippen LogP contribution in [0.1, 0.15) is 36.1 Å². The SMILES string of the molecule is Cc1nnc2n1C[C@@H](C(=O)N[C@H]1CCOc3c(Cl)cccc31)CC2. The van der Waals surface area contributed by atoms with Crippen molar-refractivity contribution in [1.29, 1.82) is 0 Å². The number of benzene rings is 1. The molecule has 24 heavy (non-hydrogen) atoms. The molecule has 2 aliphatic rings. The molecule has 1 amide bonds. The molecule has 6 nitrogen and oxygen atoms in total. The number of hydrogen-bond donors (Lipinski definition) is 1. The van der Waals surface area contributed by atoms with E-state index in [0.717, 1.165) is 36.5 Å². The number of halogens is 1. The summed E-state index contributed by atoms with van der Waals surface area (Å²) in [5, 5.41) is 12.0. The van der Waals surface area contributed by atoms with Crippen molar-refractivity contribution >= 4 is 17.5 Å². The van der Waals surface area contributed by atoms with Gasteiger partial charge in [0.2, 0.25) is 5.91 Å². The third-order valence-corrected chi connectivity index (χ3v) is 5.14. The van der Waals surface area contributed by atoms with Crippen LogP contribution < -0.4 is 10.1 Å². The van der Waals surface area contributed by atoms with Gasteiger partial charge in [0.15, 0.2) is 0 Å². The van der Waals surface area contributed by atoms with Crippen LogP contribution in [0.5, 0.6) is 5.75 Å². The molecule has 0 bridgehead atoms. The van der Waals surface area contributed by atoms with E-state index in [9.17, 15) is 4.79 Å². The van der Waals surface area contributed by atoms with Crippen LogP contribution in [0.2, 0.25) is 5.02 Å². The van der Waals surface area contributed by atoms with Gasteiger partial charge in [-0.15, -0.1) is 10.2 Å². The van der Waals surface area contributed by atoms with Gasteiger partial charge < -0.3 is 14.6 Å². The molecule has 0 saturated heterocycles. The molecule has 4 rings (SSSR count). The minimum absolute atomic E-state index is 0.0524. The van der Waals surface area contributed by atoms with Crippen LogP contribution >= 0.6 is 11.6 Å². The minimum Gasteiger partial charge on any atom is -0.492 e. The first-order valence-corrected chi connectivity index (χ1v) is 8.61. The molecule has 0 fully saturated rings. The zero-order valence-corrected chi connectivity index (χ0v) is 14.2. The molecule has 1 aromatic heterocycles. The standard InChI is InChI=1S/C17H19ClN4O2/c1-10-20-21-15-6-5-11(9-22(10)15)17(23)19-14-7-8-24-16-12(14)3-2-4-13(16)18/h2-4,11,14H,5-9H2,1H3,(H,19,23)/t11-,14-/m0/s1. The molecule has 0 spiro atoms. The molecular formula is C17H19ClN4O2. The van der Waals surface area contributed by atoms with Crippen LogP contribution in [0.4, 0.5) is 0 Å². The second kappa shape index (κ2) is 6.09. The lowest BCUT2D eigenvalue weighted by Crippen LogP contribution is -2.39. The van der Waals surface area contributed by atoms with Gasteiger partial charge in [0.25, 0.3) is 0 Å². The Morgan fingerprint density at radius 2 is 2.25 bits per heavy atom. The molecule has 2 aromatic rings. The number of nitrogens with zero attached hydrogens (tertiary/aromatic N) is 3. The zero-order valence-electron chi connectivity index (χ0n) is 13.5. The number of rotatable bonds is 2. The largest absolute Gasteiger partial charge is 0.492 e. The quantitative estimate of drug-likeness (QED) is 0.906. The van der Waals surface area contributed by atoms with Crippen molar-refractivity contribution in [2.45, 2.75) is 38.8 Å². The Kier molecular flexibility index (Phi) is 3.92. The number of nitrogens with one attached hydrogen (secondary N) is 1. The number of aromatic nitrogens is 3. The summed E-state index contributed by atoms with van der Waals surface area (Å²) in [6, 6.07) is 5.61. The third kappa shape index (κ3) is 2.65. The van der Waals surface area contributed by atoms with Crippen LogP contribution in [0.15, 0.2) is 18.2 Å². The molecule has 0 saturated carbocycles. The van der Waals surface area contributed by atoms with Gasteiger partial charge in [0, 0.05) is 24.9 Å². The number of aryl methyl sites for hydroxylation is 2. The number of ether oxygens (including phenoxy) is 1. The summed E-state index contributed by atoms with van der Waals surface area (Å²) in [4.78, 5) is 12.8. The first-order chi connectivity index (χ1) is 11.6. The highest BCUT2D eigenvalue weighted by Crippen LogP contribution is 2.37. The number of hydrogen-bond acceptors (Lipinski definition) is 4. The van der Waals surface area contributed by atoms with E-state index in [1.165, 1.54) is 0 Å². The number of carbonyl (C=O) groups is 1. The zero-order chi connectivity index (χ0) is 16.7. The van der Waals surface area contributed by atoms with E-state index in [1.807, 2.05) is 29.7 Å². The summed E-state index contributed by atoms with van der Waals surface area (Å²) in [5.74, 6) is 2.55. The Morgan fingerprint density at radius 1 is 1.38 bits per heavy atom. The average molecular weight is 347 g/mol. The van der Waals surface area contributed by atoms with E-state index in [-0.39, 0.29) is 17.9 Å². The Balaban J connectivity index is 1.50. The fraction of sp³-hybridized carbons (Fsp3) is 0.471. The minimum atomic E-state index is -0.0577. The van der Waals surface area contributed by atoms with Crippen LogP contribution in [0.25, 0.3) is 0 Å². The van der Waals surface area contributed by atoms with E-state index < -0.39 is 0 Å². The van der Waals surface area contributed by atoms with Crippen LogP contribution in [-0.2, 0) is 17.8 Å². The predicted molar refractivity (Wildman–Crippen MR) is 89.0 cm³/mol. The van der Waals surface area contributed by atoms with Crippen molar-refractivity contribution in [2.24, 2.45) is 5.92 Å². The summed E-state index contributed by atoms with van der Waals surface area (Å²) >= 11 is 6.20. The maximum Gasteiger partial charge on any atom is 0.225 e. The second-order valence-electron chi connectivity index (χ2n) is 6.37. The second-order valence-corrected chi connectivity index (χ2v) is 6.77. The molecule has 126 valence electrons. The van der Waals surface area contributed by atoms with Crippen LogP contribution in [0, 0.1) is 12.8 Å². The van der Waals surface area contributed by atoms with Gasteiger partial charge in [-0.25, -0.2) is 0 Å². The number of carbonyl (C=O) groups excluding carboxylic acids is 1. The highest BCUT2D eigenvalue weighted by Gasteiger charge is 2.30. The molecular weight excluding hydrogens is 328 g/mol. The summed E-state index contributed by atoms with van der Waals surface area (Å²) in [7, 11) is 0. The van der Waals surface area contributed by atoms with Crippen LogP contribution in [0.3, 0.4) is 0 Å². The van der Waals surface area contributed by atoms with E-state index >= 15 is 0 Å². The fourth-order valence-corrected chi connectivity index (χ4v) is 3.74. The average Bonchev–Trinajstić information content (AvgIpc) is 2.96. The Labute approximate surface area is 145 Å². The third-order valence-electron chi connectivity index (χ3n) is 4.84. The number of amides is 1. The lowest BCUT2D eigenvalue weighted by Gasteiger charge is -2.30. The van der Waals surface area contributed by atoms with E-state index in [2.05, 4.69) is 15.5 Å². The molecule has 1 aromatic carbocycles. The van der Waals surface area contributed by atoms with E-state index in [1.54, 1.807) is 0 Å². The number of fused-ring (bicyclic) bond motifs is 2. The van der Waals surface area contributed by atoms with Crippen molar-refractivity contribution in [2.75, 3.05) is 6.61 Å². The van der Waals surface area contributed by atoms with Crippen LogP contribution in [-0.4, -0.2) is 27.3 Å². The summed E-state index contributed by atoms with van der Waals surface area (Å²) in [6.45, 7) is 3.13. The highest BCUT2D eigenvalue weighted by molar-refractivity contribution is 6.32. The molecule has 2 aliphatic heterocycles. The van der Waals surface area contributed by atoms with Gasteiger partial charge in [-0.1, -0.05) is 23.7 Å². The van der Waals surface area contributed by atoms with Crippen molar-refractivity contribution in [3.63, 3.8) is 0 Å². The molecule has 0 aliphatic carbocycles. The summed E-state index contributed by atoms with van der Waals surface area (Å²) in [5.41, 5.74) is 0.957. The Morgan fingerprint density at radius 3 is 3.12 bits per heavy atom. The van der Waals surface area contributed by atoms with Crippen molar-refractivity contribution in [3.05, 3.63) is 40.4 Å². The highest BCUT2D eigenvalue weighted by atomic mass is 35.5. The molecule has 0 radical (unpaired) electrons. The first kappa shape index (κ1) is 15.4.